The maximum atomic E-state index is 12.9. The lowest BCUT2D eigenvalue weighted by molar-refractivity contribution is -0.134. The molecule has 2 aliphatic rings. The van der Waals surface area contributed by atoms with Crippen LogP contribution >= 0.6 is 11.8 Å². The highest BCUT2D eigenvalue weighted by Gasteiger charge is 2.52. The number of nitrogens with zero attached hydrogens (tertiary/aromatic N) is 2. The number of amides is 3. The Bertz CT molecular complexity index is 639. The number of urea groups is 1. The summed E-state index contributed by atoms with van der Waals surface area (Å²) in [7, 11) is 1.94. The van der Waals surface area contributed by atoms with Gasteiger partial charge in [-0.05, 0) is 62.6 Å². The van der Waals surface area contributed by atoms with Crippen molar-refractivity contribution in [2.24, 2.45) is 5.92 Å². The second kappa shape index (κ2) is 7.38. The number of rotatable bonds is 5. The van der Waals surface area contributed by atoms with Crippen molar-refractivity contribution in [1.82, 2.24) is 15.1 Å². The van der Waals surface area contributed by atoms with E-state index in [9.17, 15) is 9.59 Å². The highest BCUT2D eigenvalue weighted by molar-refractivity contribution is 7.98. The smallest absolute Gasteiger partial charge is 0.323 e. The van der Waals surface area contributed by atoms with Crippen molar-refractivity contribution in [3.8, 4) is 0 Å². The third kappa shape index (κ3) is 3.85. The van der Waals surface area contributed by atoms with E-state index in [2.05, 4.69) is 42.8 Å². The fourth-order valence-corrected chi connectivity index (χ4v) is 4.14. The standard InChI is InChI=1S/C19H27N3O2S/c1-14-8-10-19(11-9-14)17(23)22(18(24)20-19)13-21(2)12-15-4-6-16(25-3)7-5-15/h4-7,14H,8-13H2,1-3H3,(H,20,24). The Morgan fingerprint density at radius 3 is 2.48 bits per heavy atom. The Morgan fingerprint density at radius 1 is 1.24 bits per heavy atom. The molecule has 3 amide bonds. The van der Waals surface area contributed by atoms with Crippen molar-refractivity contribution in [3.05, 3.63) is 29.8 Å². The third-order valence-electron chi connectivity index (χ3n) is 5.37. The predicted octanol–water partition coefficient (Wildman–Crippen LogP) is 3.30. The summed E-state index contributed by atoms with van der Waals surface area (Å²) in [5.74, 6) is 0.588. The van der Waals surface area contributed by atoms with Crippen molar-refractivity contribution < 1.29 is 9.59 Å². The first-order chi connectivity index (χ1) is 11.9. The van der Waals surface area contributed by atoms with Gasteiger partial charge in [-0.3, -0.25) is 9.69 Å². The molecule has 2 fully saturated rings. The number of thioether (sulfide) groups is 1. The monoisotopic (exact) mass is 361 g/mol. The molecule has 3 rings (SSSR count). The molecule has 0 unspecified atom stereocenters. The van der Waals surface area contributed by atoms with Crippen LogP contribution in [0.15, 0.2) is 29.2 Å². The first-order valence-corrected chi connectivity index (χ1v) is 10.1. The van der Waals surface area contributed by atoms with E-state index in [1.165, 1.54) is 15.4 Å². The van der Waals surface area contributed by atoms with Crippen LogP contribution in [0.1, 0.15) is 38.2 Å². The van der Waals surface area contributed by atoms with E-state index in [1.54, 1.807) is 11.8 Å². The number of hydrogen-bond acceptors (Lipinski definition) is 4. The molecule has 136 valence electrons. The van der Waals surface area contributed by atoms with E-state index in [1.807, 2.05) is 11.9 Å². The van der Waals surface area contributed by atoms with E-state index in [0.717, 1.165) is 25.7 Å². The van der Waals surface area contributed by atoms with Gasteiger partial charge in [0, 0.05) is 11.4 Å². The van der Waals surface area contributed by atoms with Gasteiger partial charge in [-0.25, -0.2) is 9.69 Å². The fourth-order valence-electron chi connectivity index (χ4n) is 3.73. The number of nitrogens with one attached hydrogen (secondary N) is 1. The van der Waals surface area contributed by atoms with Crippen molar-refractivity contribution in [2.45, 2.75) is 49.6 Å². The Labute approximate surface area is 154 Å². The van der Waals surface area contributed by atoms with E-state index in [4.69, 9.17) is 0 Å². The molecule has 6 heteroatoms. The van der Waals surface area contributed by atoms with Gasteiger partial charge in [0.15, 0.2) is 0 Å². The summed E-state index contributed by atoms with van der Waals surface area (Å²) in [6, 6.07) is 8.14. The summed E-state index contributed by atoms with van der Waals surface area (Å²) in [5, 5.41) is 2.98. The quantitative estimate of drug-likeness (QED) is 0.646. The average molecular weight is 362 g/mol. The highest BCUT2D eigenvalue weighted by Crippen LogP contribution is 2.36. The number of carbonyl (C=O) groups is 2. The van der Waals surface area contributed by atoms with E-state index < -0.39 is 5.54 Å². The molecular formula is C19H27N3O2S. The van der Waals surface area contributed by atoms with Gasteiger partial charge in [-0.15, -0.1) is 11.8 Å². The minimum atomic E-state index is -0.648. The van der Waals surface area contributed by atoms with Gasteiger partial charge in [-0.2, -0.15) is 0 Å². The number of imide groups is 1. The topological polar surface area (TPSA) is 52.6 Å². The molecule has 0 aromatic heterocycles. The molecule has 1 spiro atoms. The van der Waals surface area contributed by atoms with Gasteiger partial charge in [0.2, 0.25) is 0 Å². The molecule has 1 N–H and O–H groups in total. The van der Waals surface area contributed by atoms with Crippen molar-refractivity contribution in [2.75, 3.05) is 20.0 Å². The molecule has 0 atom stereocenters. The van der Waals surface area contributed by atoms with Gasteiger partial charge in [0.25, 0.3) is 5.91 Å². The highest BCUT2D eigenvalue weighted by atomic mass is 32.2. The second-order valence-electron chi connectivity index (χ2n) is 7.43. The lowest BCUT2D eigenvalue weighted by atomic mass is 9.77. The molecule has 0 bridgehead atoms. The first kappa shape index (κ1) is 18.3. The van der Waals surface area contributed by atoms with Crippen LogP contribution in [0.3, 0.4) is 0 Å². The van der Waals surface area contributed by atoms with Gasteiger partial charge in [0.05, 0.1) is 6.67 Å². The minimum Gasteiger partial charge on any atom is -0.323 e. The zero-order valence-electron chi connectivity index (χ0n) is 15.2. The molecule has 1 aliphatic heterocycles. The van der Waals surface area contributed by atoms with Gasteiger partial charge in [-0.1, -0.05) is 19.1 Å². The normalized spacial score (nSPS) is 26.6. The molecule has 1 heterocycles. The number of benzene rings is 1. The zero-order chi connectivity index (χ0) is 18.0. The Hall–Kier alpha value is -1.53. The lowest BCUT2D eigenvalue weighted by Crippen LogP contribution is -2.49. The van der Waals surface area contributed by atoms with Gasteiger partial charge >= 0.3 is 6.03 Å². The largest absolute Gasteiger partial charge is 0.326 e. The lowest BCUT2D eigenvalue weighted by Gasteiger charge is -2.33. The Morgan fingerprint density at radius 2 is 1.88 bits per heavy atom. The van der Waals surface area contributed by atoms with Crippen LogP contribution in [-0.4, -0.2) is 47.2 Å². The zero-order valence-corrected chi connectivity index (χ0v) is 16.1. The van der Waals surface area contributed by atoms with Crippen molar-refractivity contribution in [3.63, 3.8) is 0 Å². The molecule has 1 aliphatic carbocycles. The predicted molar refractivity (Wildman–Crippen MR) is 100 cm³/mol. The number of hydrogen-bond donors (Lipinski definition) is 1. The molecular weight excluding hydrogens is 334 g/mol. The SMILES string of the molecule is CSc1ccc(CN(C)CN2C(=O)NC3(CCC(C)CC3)C2=O)cc1. The summed E-state index contributed by atoms with van der Waals surface area (Å²) < 4.78 is 0. The van der Waals surface area contributed by atoms with Crippen LogP contribution in [0.25, 0.3) is 0 Å². The van der Waals surface area contributed by atoms with E-state index in [0.29, 0.717) is 19.1 Å². The van der Waals surface area contributed by atoms with Crippen molar-refractivity contribution in [1.29, 1.82) is 0 Å². The summed E-state index contributed by atoms with van der Waals surface area (Å²) in [5.41, 5.74) is 0.526. The Balaban J connectivity index is 1.61. The third-order valence-corrected chi connectivity index (χ3v) is 6.11. The van der Waals surface area contributed by atoms with Crippen LogP contribution < -0.4 is 5.32 Å². The van der Waals surface area contributed by atoms with Crippen LogP contribution in [0.2, 0.25) is 0 Å². The molecule has 25 heavy (non-hydrogen) atoms. The molecule has 1 aromatic rings. The van der Waals surface area contributed by atoms with Crippen LogP contribution in [0.4, 0.5) is 4.79 Å². The van der Waals surface area contributed by atoms with Crippen LogP contribution in [-0.2, 0) is 11.3 Å². The summed E-state index contributed by atoms with van der Waals surface area (Å²) in [6.07, 6.45) is 5.57. The maximum Gasteiger partial charge on any atom is 0.326 e. The summed E-state index contributed by atoms with van der Waals surface area (Å²) in [4.78, 5) is 29.9. The molecule has 5 nitrogen and oxygen atoms in total. The molecule has 1 saturated heterocycles. The van der Waals surface area contributed by atoms with E-state index >= 15 is 0 Å². The Kier molecular flexibility index (Phi) is 5.39. The second-order valence-corrected chi connectivity index (χ2v) is 8.31. The molecule has 0 radical (unpaired) electrons. The van der Waals surface area contributed by atoms with Gasteiger partial charge in [0.1, 0.15) is 5.54 Å². The average Bonchev–Trinajstić information content (AvgIpc) is 2.83. The maximum absolute atomic E-state index is 12.9. The minimum absolute atomic E-state index is 0.0472. The number of carbonyl (C=O) groups excluding carboxylic acids is 2. The molecule has 1 aromatic carbocycles. The first-order valence-electron chi connectivity index (χ1n) is 8.89. The fraction of sp³-hybridized carbons (Fsp3) is 0.579. The van der Waals surface area contributed by atoms with Crippen molar-refractivity contribution >= 4 is 23.7 Å². The molecule has 1 saturated carbocycles. The van der Waals surface area contributed by atoms with Crippen LogP contribution in [0, 0.1) is 5.92 Å². The summed E-state index contributed by atoms with van der Waals surface area (Å²) in [6.45, 7) is 3.24. The van der Waals surface area contributed by atoms with E-state index in [-0.39, 0.29) is 11.9 Å². The van der Waals surface area contributed by atoms with Crippen LogP contribution in [0.5, 0.6) is 0 Å². The summed E-state index contributed by atoms with van der Waals surface area (Å²) >= 11 is 1.72. The van der Waals surface area contributed by atoms with Gasteiger partial charge < -0.3 is 5.32 Å².